The van der Waals surface area contributed by atoms with Gasteiger partial charge in [0.1, 0.15) is 23.1 Å². The molecule has 1 aliphatic carbocycles. The van der Waals surface area contributed by atoms with Crippen LogP contribution in [0, 0.1) is 5.92 Å². The highest BCUT2D eigenvalue weighted by Crippen LogP contribution is 2.39. The molecule has 3 aliphatic rings. The lowest BCUT2D eigenvalue weighted by Crippen LogP contribution is -2.75. The number of piperidine rings is 1. The van der Waals surface area contributed by atoms with Gasteiger partial charge < -0.3 is 25.4 Å². The van der Waals surface area contributed by atoms with Crippen molar-refractivity contribution < 1.29 is 24.2 Å². The number of unbranched alkanes of at least 4 members (excludes halogenated alkanes) is 1. The van der Waals surface area contributed by atoms with Crippen LogP contribution in [-0.4, -0.2) is 77.0 Å². The van der Waals surface area contributed by atoms with Crippen molar-refractivity contribution in [2.75, 3.05) is 26.7 Å². The number of likely N-dealkylation sites (tertiary alicyclic amines) is 1. The third kappa shape index (κ3) is 7.53. The first-order chi connectivity index (χ1) is 21.8. The number of piperazine rings is 1. The van der Waals surface area contributed by atoms with Gasteiger partial charge in [0.25, 0.3) is 5.91 Å². The van der Waals surface area contributed by atoms with Crippen LogP contribution in [0.1, 0.15) is 100 Å². The maximum Gasteiger partial charge on any atom is 0.251 e. The molecule has 0 unspecified atom stereocenters. The highest BCUT2D eigenvalue weighted by molar-refractivity contribution is 6.00. The minimum absolute atomic E-state index is 0. The SMILES string of the molecule is CCCCN1C(=O)[C@@H]([C@H](O)C2CCCCC2)NC(=O)C12CCN([C@H](CC)c1ccc(Oc3ccc(C(=O)NC)cc3)cc1)CC2.Cl. The number of hydrogen-bond donors (Lipinski definition) is 3. The maximum absolute atomic E-state index is 14.0. The van der Waals surface area contributed by atoms with Crippen molar-refractivity contribution >= 4 is 30.1 Å². The van der Waals surface area contributed by atoms with Crippen molar-refractivity contribution in [3.8, 4) is 11.5 Å². The Balaban J connectivity index is 0.00000480. The van der Waals surface area contributed by atoms with Crippen LogP contribution in [-0.2, 0) is 9.59 Å². The lowest BCUT2D eigenvalue weighted by molar-refractivity contribution is -0.166. The number of halogens is 1. The number of nitrogens with one attached hydrogen (secondary N) is 2. The second-order valence-corrected chi connectivity index (χ2v) is 12.9. The fourth-order valence-corrected chi connectivity index (χ4v) is 7.58. The molecular weight excluding hydrogens is 604 g/mol. The van der Waals surface area contributed by atoms with Crippen molar-refractivity contribution in [3.63, 3.8) is 0 Å². The first-order valence-electron chi connectivity index (χ1n) is 17.0. The first-order valence-corrected chi connectivity index (χ1v) is 17.0. The molecule has 3 atom stereocenters. The van der Waals surface area contributed by atoms with E-state index in [1.165, 1.54) is 12.0 Å². The molecule has 3 amide bonds. The molecule has 10 heteroatoms. The summed E-state index contributed by atoms with van der Waals surface area (Å²) >= 11 is 0. The summed E-state index contributed by atoms with van der Waals surface area (Å²) in [5, 5.41) is 16.9. The molecule has 1 saturated carbocycles. The number of rotatable bonds is 11. The Bertz CT molecular complexity index is 1310. The summed E-state index contributed by atoms with van der Waals surface area (Å²) < 4.78 is 6.02. The fraction of sp³-hybridized carbons (Fsp3) is 0.583. The van der Waals surface area contributed by atoms with Crippen LogP contribution in [0.3, 0.4) is 0 Å². The van der Waals surface area contributed by atoms with Gasteiger partial charge in [-0.3, -0.25) is 19.3 Å². The Hall–Kier alpha value is -3.14. The number of carbonyl (C=O) groups excluding carboxylic acids is 3. The van der Waals surface area contributed by atoms with E-state index in [2.05, 4.69) is 41.5 Å². The predicted octanol–water partition coefficient (Wildman–Crippen LogP) is 5.61. The summed E-state index contributed by atoms with van der Waals surface area (Å²) in [6.45, 7) is 6.23. The topological polar surface area (TPSA) is 111 Å². The van der Waals surface area contributed by atoms with Gasteiger partial charge in [0.15, 0.2) is 0 Å². The Labute approximate surface area is 279 Å². The Morgan fingerprint density at radius 2 is 1.61 bits per heavy atom. The van der Waals surface area contributed by atoms with E-state index in [-0.39, 0.29) is 42.1 Å². The van der Waals surface area contributed by atoms with Gasteiger partial charge in [-0.15, -0.1) is 12.4 Å². The lowest BCUT2D eigenvalue weighted by Gasteiger charge is -2.53. The number of aliphatic hydroxyl groups excluding tert-OH is 1. The highest BCUT2D eigenvalue weighted by atomic mass is 35.5. The molecule has 252 valence electrons. The largest absolute Gasteiger partial charge is 0.457 e. The predicted molar refractivity (Wildman–Crippen MR) is 181 cm³/mol. The zero-order valence-corrected chi connectivity index (χ0v) is 28.3. The summed E-state index contributed by atoms with van der Waals surface area (Å²) in [4.78, 5) is 43.9. The van der Waals surface area contributed by atoms with Gasteiger partial charge in [0.05, 0.1) is 6.10 Å². The van der Waals surface area contributed by atoms with Crippen molar-refractivity contribution in [1.29, 1.82) is 0 Å². The first kappa shape index (κ1) is 35.7. The molecule has 5 rings (SSSR count). The zero-order valence-electron chi connectivity index (χ0n) is 27.5. The molecule has 46 heavy (non-hydrogen) atoms. The van der Waals surface area contributed by atoms with Gasteiger partial charge in [0, 0.05) is 38.3 Å². The molecule has 3 N–H and O–H groups in total. The summed E-state index contributed by atoms with van der Waals surface area (Å²) in [6, 6.07) is 14.5. The molecule has 0 radical (unpaired) electrons. The van der Waals surface area contributed by atoms with Crippen molar-refractivity contribution in [2.45, 2.75) is 102 Å². The van der Waals surface area contributed by atoms with Crippen LogP contribution in [0.4, 0.5) is 0 Å². The Morgan fingerprint density at radius 1 is 1.00 bits per heavy atom. The highest BCUT2D eigenvalue weighted by Gasteiger charge is 2.55. The van der Waals surface area contributed by atoms with Gasteiger partial charge >= 0.3 is 0 Å². The number of carbonyl (C=O) groups is 3. The Kier molecular flexibility index (Phi) is 12.5. The smallest absolute Gasteiger partial charge is 0.251 e. The van der Waals surface area contributed by atoms with Crippen molar-refractivity contribution in [3.05, 3.63) is 59.7 Å². The molecule has 1 spiro atoms. The van der Waals surface area contributed by atoms with E-state index in [0.29, 0.717) is 49.5 Å². The quantitative estimate of drug-likeness (QED) is 0.290. The minimum atomic E-state index is -0.866. The van der Waals surface area contributed by atoms with E-state index in [1.54, 1.807) is 31.3 Å². The number of benzene rings is 2. The molecule has 0 aromatic heterocycles. The normalized spacial score (nSPS) is 21.7. The summed E-state index contributed by atoms with van der Waals surface area (Å²) in [6.07, 6.45) is 8.12. The monoisotopic (exact) mass is 654 g/mol. The number of hydrogen-bond acceptors (Lipinski definition) is 6. The second-order valence-electron chi connectivity index (χ2n) is 12.9. The summed E-state index contributed by atoms with van der Waals surface area (Å²) in [5.41, 5.74) is 0.891. The summed E-state index contributed by atoms with van der Waals surface area (Å²) in [7, 11) is 1.61. The molecule has 0 bridgehead atoms. The van der Waals surface area contributed by atoms with Gasteiger partial charge in [0.2, 0.25) is 11.8 Å². The van der Waals surface area contributed by atoms with E-state index in [0.717, 1.165) is 44.9 Å². The maximum atomic E-state index is 14.0. The standard InChI is InChI=1S/C36H50N4O5.ClH/c1-4-6-22-40-34(43)31(32(41)26-10-8-7-9-11-26)38-35(44)36(40)20-23-39(24-21-36)30(5-2)25-12-16-28(17-13-25)45-29-18-14-27(15-19-29)33(42)37-3;/h12-19,26,30-32,41H,4-11,20-24H2,1-3H3,(H,37,42)(H,38,44);1H/t30-,31-,32-;/m1./s1. The van der Waals surface area contributed by atoms with Crippen molar-refractivity contribution in [2.24, 2.45) is 5.92 Å². The molecule has 3 fully saturated rings. The average molecular weight is 655 g/mol. The van der Waals surface area contributed by atoms with Crippen molar-refractivity contribution in [1.82, 2.24) is 20.4 Å². The van der Waals surface area contributed by atoms with Crippen LogP contribution in [0.2, 0.25) is 0 Å². The third-order valence-corrected chi connectivity index (χ3v) is 10.3. The molecule has 2 aliphatic heterocycles. The Morgan fingerprint density at radius 3 is 2.17 bits per heavy atom. The van der Waals surface area contributed by atoms with Gasteiger partial charge in [-0.25, -0.2) is 0 Å². The van der Waals surface area contributed by atoms with E-state index < -0.39 is 17.7 Å². The number of ether oxygens (including phenoxy) is 1. The van der Waals surface area contributed by atoms with E-state index >= 15 is 0 Å². The molecular formula is C36H51ClN4O5. The summed E-state index contributed by atoms with van der Waals surface area (Å²) in [5.74, 6) is 1.09. The number of aliphatic hydroxyl groups is 1. The van der Waals surface area contributed by atoms with Crippen LogP contribution < -0.4 is 15.4 Å². The minimum Gasteiger partial charge on any atom is -0.457 e. The lowest BCUT2D eigenvalue weighted by atomic mass is 9.77. The zero-order chi connectivity index (χ0) is 32.0. The molecule has 2 saturated heterocycles. The van der Waals surface area contributed by atoms with Crippen LogP contribution >= 0.6 is 12.4 Å². The van der Waals surface area contributed by atoms with E-state index in [9.17, 15) is 19.5 Å². The van der Waals surface area contributed by atoms with Gasteiger partial charge in [-0.2, -0.15) is 0 Å². The molecule has 2 heterocycles. The molecule has 9 nitrogen and oxygen atoms in total. The molecule has 2 aromatic carbocycles. The number of amides is 3. The third-order valence-electron chi connectivity index (χ3n) is 10.3. The fourth-order valence-electron chi connectivity index (χ4n) is 7.58. The van der Waals surface area contributed by atoms with Crippen LogP contribution in [0.5, 0.6) is 11.5 Å². The second kappa shape index (κ2) is 16.1. The van der Waals surface area contributed by atoms with E-state index in [4.69, 9.17) is 4.74 Å². The molecule has 2 aromatic rings. The van der Waals surface area contributed by atoms with Crippen LogP contribution in [0.15, 0.2) is 48.5 Å². The van der Waals surface area contributed by atoms with Gasteiger partial charge in [-0.05, 0) is 86.4 Å². The van der Waals surface area contributed by atoms with Crippen LogP contribution in [0.25, 0.3) is 0 Å². The van der Waals surface area contributed by atoms with E-state index in [1.807, 2.05) is 17.0 Å². The average Bonchev–Trinajstić information content (AvgIpc) is 3.08. The number of nitrogens with zero attached hydrogens (tertiary/aromatic N) is 2. The van der Waals surface area contributed by atoms with Gasteiger partial charge in [-0.1, -0.05) is 51.7 Å².